The molecule has 3 aromatic rings. The maximum Gasteiger partial charge on any atom is 0.261 e. The van der Waals surface area contributed by atoms with Gasteiger partial charge in [-0.15, -0.1) is 0 Å². The number of fused-ring (bicyclic) bond motifs is 1. The number of nitrogens with two attached hydrogens (primary N) is 1. The summed E-state index contributed by atoms with van der Waals surface area (Å²) in [5.41, 5.74) is 7.25. The maximum absolute atomic E-state index is 5.45. The molecule has 0 fully saturated rings. The molecule has 0 aliphatic heterocycles. The summed E-state index contributed by atoms with van der Waals surface area (Å²) in [7, 11) is 0. The molecule has 0 amide bonds. The average molecular weight is 243 g/mol. The van der Waals surface area contributed by atoms with E-state index in [2.05, 4.69) is 15.2 Å². The minimum absolute atomic E-state index is 0.503. The Hall–Kier alpha value is -2.21. The lowest BCUT2D eigenvalue weighted by molar-refractivity contribution is 0.422. The number of aromatic nitrogens is 4. The van der Waals surface area contributed by atoms with E-state index >= 15 is 0 Å². The van der Waals surface area contributed by atoms with Crippen LogP contribution < -0.4 is 5.73 Å². The largest absolute Gasteiger partial charge is 0.334 e. The van der Waals surface area contributed by atoms with Gasteiger partial charge in [0, 0.05) is 12.6 Å². The van der Waals surface area contributed by atoms with Crippen LogP contribution in [0, 0.1) is 0 Å². The first-order valence-electron chi connectivity index (χ1n) is 5.84. The predicted molar refractivity (Wildman–Crippen MR) is 65.9 cm³/mol. The quantitative estimate of drug-likeness (QED) is 0.746. The topological polar surface area (TPSA) is 82.2 Å². The van der Waals surface area contributed by atoms with Crippen LogP contribution in [0.5, 0.6) is 0 Å². The molecular weight excluding hydrogens is 230 g/mol. The Morgan fingerprint density at radius 2 is 2.28 bits per heavy atom. The third-order valence-electron chi connectivity index (χ3n) is 2.73. The molecule has 3 rings (SSSR count). The first-order chi connectivity index (χ1) is 8.88. The van der Waals surface area contributed by atoms with Gasteiger partial charge >= 0.3 is 0 Å². The Morgan fingerprint density at radius 1 is 1.33 bits per heavy atom. The highest BCUT2D eigenvalue weighted by Crippen LogP contribution is 2.22. The molecule has 0 aromatic carbocycles. The molecule has 3 aromatic heterocycles. The Kier molecular flexibility index (Phi) is 2.77. The average Bonchev–Trinajstić information content (AvgIpc) is 3.02. The fraction of sp³-hybridized carbons (Fsp3) is 0.250. The van der Waals surface area contributed by atoms with Crippen LogP contribution in [0.2, 0.25) is 0 Å². The number of hydrogen-bond donors (Lipinski definition) is 1. The van der Waals surface area contributed by atoms with Gasteiger partial charge in [-0.2, -0.15) is 10.1 Å². The van der Waals surface area contributed by atoms with E-state index in [9.17, 15) is 0 Å². The van der Waals surface area contributed by atoms with Crippen LogP contribution in [0.25, 0.3) is 17.0 Å². The van der Waals surface area contributed by atoms with Crippen LogP contribution in [-0.2, 0) is 6.42 Å². The second-order valence-electron chi connectivity index (χ2n) is 4.00. The number of hydrogen-bond acceptors (Lipinski definition) is 5. The molecule has 0 saturated carbocycles. The van der Waals surface area contributed by atoms with E-state index < -0.39 is 0 Å². The van der Waals surface area contributed by atoms with Gasteiger partial charge in [0.1, 0.15) is 0 Å². The zero-order valence-electron chi connectivity index (χ0n) is 9.78. The Balaban J connectivity index is 1.96. The number of rotatable bonds is 4. The molecule has 6 nitrogen and oxygen atoms in total. The van der Waals surface area contributed by atoms with E-state index in [1.807, 2.05) is 24.4 Å². The zero-order chi connectivity index (χ0) is 12.4. The molecule has 2 N–H and O–H groups in total. The summed E-state index contributed by atoms with van der Waals surface area (Å²) in [6.07, 6.45) is 5.20. The van der Waals surface area contributed by atoms with Crippen molar-refractivity contribution < 1.29 is 4.52 Å². The SMILES string of the molecule is NCCCc1noc(-c2cnn3ccccc23)n1. The van der Waals surface area contributed by atoms with Crippen molar-refractivity contribution in [3.05, 3.63) is 36.4 Å². The molecule has 6 heteroatoms. The number of aryl methyl sites for hydroxylation is 1. The minimum atomic E-state index is 0.503. The van der Waals surface area contributed by atoms with E-state index in [4.69, 9.17) is 10.3 Å². The fourth-order valence-electron chi connectivity index (χ4n) is 1.82. The minimum Gasteiger partial charge on any atom is -0.334 e. The molecule has 0 saturated heterocycles. The van der Waals surface area contributed by atoms with Crippen LogP contribution in [0.3, 0.4) is 0 Å². The van der Waals surface area contributed by atoms with Gasteiger partial charge in [0.2, 0.25) is 0 Å². The second kappa shape index (κ2) is 4.58. The lowest BCUT2D eigenvalue weighted by Gasteiger charge is -1.92. The van der Waals surface area contributed by atoms with E-state index in [0.29, 0.717) is 18.3 Å². The highest BCUT2D eigenvalue weighted by Gasteiger charge is 2.13. The third-order valence-corrected chi connectivity index (χ3v) is 2.73. The molecule has 3 heterocycles. The molecular formula is C12H13N5O. The molecule has 0 spiro atoms. The molecule has 0 atom stereocenters. The molecule has 0 radical (unpaired) electrons. The first kappa shape index (κ1) is 10.9. The highest BCUT2D eigenvalue weighted by atomic mass is 16.5. The molecule has 0 aliphatic carbocycles. The van der Waals surface area contributed by atoms with Crippen LogP contribution in [-0.4, -0.2) is 26.3 Å². The van der Waals surface area contributed by atoms with Crippen molar-refractivity contribution in [1.29, 1.82) is 0 Å². The van der Waals surface area contributed by atoms with Gasteiger partial charge in [-0.1, -0.05) is 11.2 Å². The summed E-state index contributed by atoms with van der Waals surface area (Å²) in [5.74, 6) is 1.19. The molecule has 0 unspecified atom stereocenters. The van der Waals surface area contributed by atoms with Crippen LogP contribution in [0.4, 0.5) is 0 Å². The van der Waals surface area contributed by atoms with Gasteiger partial charge in [0.25, 0.3) is 5.89 Å². The van der Waals surface area contributed by atoms with Crippen LogP contribution in [0.15, 0.2) is 35.1 Å². The molecule has 92 valence electrons. The smallest absolute Gasteiger partial charge is 0.261 e. The second-order valence-corrected chi connectivity index (χ2v) is 4.00. The summed E-state index contributed by atoms with van der Waals surface area (Å²) in [6.45, 7) is 0.626. The number of pyridine rings is 1. The highest BCUT2D eigenvalue weighted by molar-refractivity contribution is 5.74. The van der Waals surface area contributed by atoms with Crippen molar-refractivity contribution in [2.45, 2.75) is 12.8 Å². The zero-order valence-corrected chi connectivity index (χ0v) is 9.78. The van der Waals surface area contributed by atoms with E-state index in [-0.39, 0.29) is 0 Å². The van der Waals surface area contributed by atoms with Crippen molar-refractivity contribution in [2.24, 2.45) is 5.73 Å². The van der Waals surface area contributed by atoms with Gasteiger partial charge < -0.3 is 10.3 Å². The molecule has 0 bridgehead atoms. The van der Waals surface area contributed by atoms with Crippen molar-refractivity contribution in [3.8, 4) is 11.5 Å². The summed E-state index contributed by atoms with van der Waals surface area (Å²) in [6, 6.07) is 5.84. The third kappa shape index (κ3) is 1.86. The van der Waals surface area contributed by atoms with Gasteiger partial charge in [-0.25, -0.2) is 4.52 Å². The molecule has 0 aliphatic rings. The van der Waals surface area contributed by atoms with Crippen LogP contribution in [0.1, 0.15) is 12.2 Å². The summed E-state index contributed by atoms with van der Waals surface area (Å²) < 4.78 is 7.04. The Labute approximate surface area is 103 Å². The fourth-order valence-corrected chi connectivity index (χ4v) is 1.82. The van der Waals surface area contributed by atoms with Crippen LogP contribution >= 0.6 is 0 Å². The lowest BCUT2D eigenvalue weighted by atomic mass is 10.2. The lowest BCUT2D eigenvalue weighted by Crippen LogP contribution is -2.01. The van der Waals surface area contributed by atoms with Gasteiger partial charge in [0.15, 0.2) is 5.82 Å². The van der Waals surface area contributed by atoms with Gasteiger partial charge in [0.05, 0.1) is 17.3 Å². The summed E-state index contributed by atoms with van der Waals surface area (Å²) in [4.78, 5) is 4.35. The van der Waals surface area contributed by atoms with Gasteiger partial charge in [-0.3, -0.25) is 0 Å². The first-order valence-corrected chi connectivity index (χ1v) is 5.84. The normalized spacial score (nSPS) is 11.2. The Bertz CT molecular complexity index is 657. The van der Waals surface area contributed by atoms with Crippen molar-refractivity contribution in [2.75, 3.05) is 6.54 Å². The van der Waals surface area contributed by atoms with Crippen molar-refractivity contribution in [3.63, 3.8) is 0 Å². The summed E-state index contributed by atoms with van der Waals surface area (Å²) >= 11 is 0. The summed E-state index contributed by atoms with van der Waals surface area (Å²) in [5, 5.41) is 8.17. The molecule has 18 heavy (non-hydrogen) atoms. The van der Waals surface area contributed by atoms with E-state index in [1.54, 1.807) is 10.7 Å². The van der Waals surface area contributed by atoms with E-state index in [0.717, 1.165) is 23.9 Å². The predicted octanol–water partition coefficient (Wildman–Crippen LogP) is 1.28. The van der Waals surface area contributed by atoms with Gasteiger partial charge in [-0.05, 0) is 25.1 Å². The number of nitrogens with zero attached hydrogens (tertiary/aromatic N) is 4. The van der Waals surface area contributed by atoms with Crippen molar-refractivity contribution >= 4 is 5.52 Å². The van der Waals surface area contributed by atoms with E-state index in [1.165, 1.54) is 0 Å². The maximum atomic E-state index is 5.45. The Morgan fingerprint density at radius 3 is 3.17 bits per heavy atom. The standard InChI is InChI=1S/C12H13N5O/c13-6-3-5-11-15-12(18-16-11)9-8-14-17-7-2-1-4-10(9)17/h1-2,4,7-8H,3,5-6,13H2. The van der Waals surface area contributed by atoms with Crippen molar-refractivity contribution in [1.82, 2.24) is 19.8 Å². The monoisotopic (exact) mass is 243 g/mol.